The second kappa shape index (κ2) is 6.23. The molecule has 1 amide bonds. The van der Waals surface area contributed by atoms with E-state index in [0.717, 1.165) is 31.4 Å². The van der Waals surface area contributed by atoms with E-state index in [-0.39, 0.29) is 5.91 Å². The number of aromatic amines is 1. The number of aromatic nitrogens is 1. The Labute approximate surface area is 113 Å². The molecule has 0 saturated heterocycles. The molecule has 0 spiro atoms. The third-order valence-electron chi connectivity index (χ3n) is 3.37. The van der Waals surface area contributed by atoms with Crippen molar-refractivity contribution in [3.05, 3.63) is 48.7 Å². The van der Waals surface area contributed by atoms with E-state index in [2.05, 4.69) is 23.7 Å². The summed E-state index contributed by atoms with van der Waals surface area (Å²) in [6.45, 7) is 6.83. The second-order valence-corrected chi connectivity index (χ2v) is 4.69. The highest BCUT2D eigenvalue weighted by Crippen LogP contribution is 2.18. The molecule has 1 heterocycles. The van der Waals surface area contributed by atoms with Crippen molar-refractivity contribution < 1.29 is 4.79 Å². The lowest BCUT2D eigenvalue weighted by Crippen LogP contribution is -2.31. The Bertz CT molecular complexity index is 571. The van der Waals surface area contributed by atoms with Crippen LogP contribution >= 0.6 is 0 Å². The van der Waals surface area contributed by atoms with Gasteiger partial charge in [-0.15, -0.1) is 6.58 Å². The molecule has 0 aliphatic rings. The predicted octanol–water partition coefficient (Wildman–Crippen LogP) is 3.14. The summed E-state index contributed by atoms with van der Waals surface area (Å²) in [6.07, 6.45) is 5.60. The van der Waals surface area contributed by atoms with Crippen LogP contribution in [-0.4, -0.2) is 28.9 Å². The van der Waals surface area contributed by atoms with Gasteiger partial charge in [-0.25, -0.2) is 0 Å². The quantitative estimate of drug-likeness (QED) is 0.792. The number of amides is 1. The molecule has 1 aromatic heterocycles. The van der Waals surface area contributed by atoms with Gasteiger partial charge < -0.3 is 9.88 Å². The average molecular weight is 256 g/mol. The largest absolute Gasteiger partial charge is 0.361 e. The van der Waals surface area contributed by atoms with Crippen molar-refractivity contribution in [2.45, 2.75) is 19.8 Å². The van der Waals surface area contributed by atoms with Crippen LogP contribution in [-0.2, 0) is 11.2 Å². The first kappa shape index (κ1) is 13.4. The lowest BCUT2D eigenvalue weighted by Gasteiger charge is -2.20. The lowest BCUT2D eigenvalue weighted by molar-refractivity contribution is -0.128. The van der Waals surface area contributed by atoms with Gasteiger partial charge >= 0.3 is 0 Å². The summed E-state index contributed by atoms with van der Waals surface area (Å²) in [4.78, 5) is 16.7. The first-order valence-corrected chi connectivity index (χ1v) is 6.63. The van der Waals surface area contributed by atoms with Crippen molar-refractivity contribution in [1.82, 2.24) is 9.88 Å². The molecule has 0 unspecified atom stereocenters. The maximum atomic E-state index is 11.6. The summed E-state index contributed by atoms with van der Waals surface area (Å²) >= 11 is 0. The van der Waals surface area contributed by atoms with E-state index < -0.39 is 0 Å². The topological polar surface area (TPSA) is 36.1 Å². The third kappa shape index (κ3) is 3.25. The van der Waals surface area contributed by atoms with E-state index in [9.17, 15) is 4.79 Å². The number of para-hydroxylation sites is 1. The zero-order chi connectivity index (χ0) is 13.7. The molecular formula is C16H20N2O. The Morgan fingerprint density at radius 2 is 2.16 bits per heavy atom. The second-order valence-electron chi connectivity index (χ2n) is 4.69. The number of hydrogen-bond acceptors (Lipinski definition) is 1. The van der Waals surface area contributed by atoms with Gasteiger partial charge in [-0.3, -0.25) is 4.79 Å². The molecule has 1 N–H and O–H groups in total. The molecule has 100 valence electrons. The minimum atomic E-state index is 0.127. The highest BCUT2D eigenvalue weighted by Gasteiger charge is 2.09. The van der Waals surface area contributed by atoms with Crippen molar-refractivity contribution in [2.24, 2.45) is 0 Å². The first-order chi connectivity index (χ1) is 9.22. The molecule has 0 aliphatic carbocycles. The van der Waals surface area contributed by atoms with Crippen LogP contribution in [0.3, 0.4) is 0 Å². The summed E-state index contributed by atoms with van der Waals surface area (Å²) < 4.78 is 0. The van der Waals surface area contributed by atoms with Gasteiger partial charge in [-0.2, -0.15) is 0 Å². The molecule has 3 nitrogen and oxygen atoms in total. The van der Waals surface area contributed by atoms with Gasteiger partial charge in [-0.1, -0.05) is 24.3 Å². The van der Waals surface area contributed by atoms with Crippen LogP contribution in [0.15, 0.2) is 43.1 Å². The minimum Gasteiger partial charge on any atom is -0.361 e. The van der Waals surface area contributed by atoms with Gasteiger partial charge in [0.25, 0.3) is 0 Å². The lowest BCUT2D eigenvalue weighted by atomic mass is 10.1. The highest BCUT2D eigenvalue weighted by atomic mass is 16.2. The fourth-order valence-electron chi connectivity index (χ4n) is 2.27. The maximum absolute atomic E-state index is 11.6. The normalized spacial score (nSPS) is 10.6. The number of hydrogen-bond donors (Lipinski definition) is 1. The summed E-state index contributed by atoms with van der Waals surface area (Å²) in [6, 6.07) is 8.25. The molecular weight excluding hydrogens is 236 g/mol. The molecule has 0 saturated carbocycles. The molecule has 2 rings (SSSR count). The SMILES string of the molecule is C=CCCN(CCc1c[nH]c2ccccc12)C(C)=O. The molecule has 0 atom stereocenters. The summed E-state index contributed by atoms with van der Waals surface area (Å²) in [5.74, 6) is 0.127. The van der Waals surface area contributed by atoms with Gasteiger partial charge in [-0.05, 0) is 24.5 Å². The number of fused-ring (bicyclic) bond motifs is 1. The first-order valence-electron chi connectivity index (χ1n) is 6.63. The number of carbonyl (C=O) groups is 1. The fourth-order valence-corrected chi connectivity index (χ4v) is 2.27. The highest BCUT2D eigenvalue weighted by molar-refractivity contribution is 5.83. The van der Waals surface area contributed by atoms with E-state index >= 15 is 0 Å². The number of nitrogens with zero attached hydrogens (tertiary/aromatic N) is 1. The summed E-state index contributed by atoms with van der Waals surface area (Å²) in [5.41, 5.74) is 2.42. The molecule has 0 aliphatic heterocycles. The summed E-state index contributed by atoms with van der Waals surface area (Å²) in [7, 11) is 0. The molecule has 0 fully saturated rings. The Hall–Kier alpha value is -2.03. The van der Waals surface area contributed by atoms with Crippen LogP contribution in [0.25, 0.3) is 10.9 Å². The van der Waals surface area contributed by atoms with Gasteiger partial charge in [0, 0.05) is 37.1 Å². The van der Waals surface area contributed by atoms with E-state index in [1.165, 1.54) is 10.9 Å². The molecule has 3 heteroatoms. The van der Waals surface area contributed by atoms with Crippen LogP contribution in [0.5, 0.6) is 0 Å². The van der Waals surface area contributed by atoms with Crippen molar-refractivity contribution in [2.75, 3.05) is 13.1 Å². The minimum absolute atomic E-state index is 0.127. The van der Waals surface area contributed by atoms with E-state index in [0.29, 0.717) is 0 Å². The van der Waals surface area contributed by atoms with Gasteiger partial charge in [0.05, 0.1) is 0 Å². The molecule has 0 radical (unpaired) electrons. The van der Waals surface area contributed by atoms with Gasteiger partial charge in [0.2, 0.25) is 5.91 Å². The molecule has 19 heavy (non-hydrogen) atoms. The van der Waals surface area contributed by atoms with Crippen LogP contribution in [0.2, 0.25) is 0 Å². The summed E-state index contributed by atoms with van der Waals surface area (Å²) in [5, 5.41) is 1.25. The predicted molar refractivity (Wildman–Crippen MR) is 79.1 cm³/mol. The van der Waals surface area contributed by atoms with Crippen molar-refractivity contribution in [1.29, 1.82) is 0 Å². The smallest absolute Gasteiger partial charge is 0.219 e. The Kier molecular flexibility index (Phi) is 4.39. The number of benzene rings is 1. The number of nitrogens with one attached hydrogen (secondary N) is 1. The molecule has 0 bridgehead atoms. The standard InChI is InChI=1S/C16H20N2O/c1-3-4-10-18(13(2)19)11-9-14-12-17-16-8-6-5-7-15(14)16/h3,5-8,12,17H,1,4,9-11H2,2H3. The van der Waals surface area contributed by atoms with E-state index in [1.807, 2.05) is 29.3 Å². The average Bonchev–Trinajstić information content (AvgIpc) is 2.82. The zero-order valence-corrected chi connectivity index (χ0v) is 11.4. The number of carbonyl (C=O) groups excluding carboxylic acids is 1. The number of H-pyrrole nitrogens is 1. The molecule has 2 aromatic rings. The van der Waals surface area contributed by atoms with E-state index in [4.69, 9.17) is 0 Å². The third-order valence-corrected chi connectivity index (χ3v) is 3.37. The molecule has 1 aromatic carbocycles. The monoisotopic (exact) mass is 256 g/mol. The van der Waals surface area contributed by atoms with Gasteiger partial charge in [0.1, 0.15) is 0 Å². The Morgan fingerprint density at radius 3 is 2.89 bits per heavy atom. The van der Waals surface area contributed by atoms with Gasteiger partial charge in [0.15, 0.2) is 0 Å². The fraction of sp³-hybridized carbons (Fsp3) is 0.312. The van der Waals surface area contributed by atoms with Crippen LogP contribution < -0.4 is 0 Å². The zero-order valence-electron chi connectivity index (χ0n) is 11.4. The number of rotatable bonds is 6. The van der Waals surface area contributed by atoms with Crippen molar-refractivity contribution in [3.8, 4) is 0 Å². The van der Waals surface area contributed by atoms with Crippen LogP contribution in [0.1, 0.15) is 18.9 Å². The maximum Gasteiger partial charge on any atom is 0.219 e. The van der Waals surface area contributed by atoms with E-state index in [1.54, 1.807) is 6.92 Å². The Balaban J connectivity index is 2.04. The van der Waals surface area contributed by atoms with Crippen LogP contribution in [0.4, 0.5) is 0 Å². The van der Waals surface area contributed by atoms with Crippen molar-refractivity contribution in [3.63, 3.8) is 0 Å². The van der Waals surface area contributed by atoms with Crippen LogP contribution in [0, 0.1) is 0 Å². The Morgan fingerprint density at radius 1 is 1.37 bits per heavy atom. The van der Waals surface area contributed by atoms with Crippen molar-refractivity contribution >= 4 is 16.8 Å².